The first-order valence-corrected chi connectivity index (χ1v) is 10.6. The van der Waals surface area contributed by atoms with Crippen molar-refractivity contribution >= 4 is 63.6 Å². The number of carbonyl (C=O) groups excluding carboxylic acids is 1. The van der Waals surface area contributed by atoms with E-state index in [2.05, 4.69) is 0 Å². The standard InChI is InChI=1S/C22H12N2O8S2/c25-19-18(34-22(33)23(19)14-2-1-3-15(9-14)24(30)31)10-16-4-5-17(32-16)11-6-12(20(26)27)8-13(7-11)21(28)29/h1-10H,(H,26,27)(H,28,29)/b18-10+. The Bertz CT molecular complexity index is 1390. The van der Waals surface area contributed by atoms with Crippen molar-refractivity contribution in [2.24, 2.45) is 0 Å². The molecule has 4 rings (SSSR count). The first-order valence-electron chi connectivity index (χ1n) is 9.38. The van der Waals surface area contributed by atoms with Crippen molar-refractivity contribution in [1.29, 1.82) is 0 Å². The van der Waals surface area contributed by atoms with E-state index in [0.29, 0.717) is 0 Å². The molecule has 2 aromatic carbocycles. The average molecular weight is 496 g/mol. The van der Waals surface area contributed by atoms with Gasteiger partial charge in [-0.1, -0.05) is 30.0 Å². The molecule has 0 atom stereocenters. The molecular weight excluding hydrogens is 484 g/mol. The van der Waals surface area contributed by atoms with Gasteiger partial charge in [-0.25, -0.2) is 9.59 Å². The Morgan fingerprint density at radius 3 is 2.35 bits per heavy atom. The molecule has 0 aliphatic carbocycles. The van der Waals surface area contributed by atoms with Gasteiger partial charge < -0.3 is 14.6 Å². The summed E-state index contributed by atoms with van der Waals surface area (Å²) in [6.07, 6.45) is 1.43. The van der Waals surface area contributed by atoms with Crippen molar-refractivity contribution < 1.29 is 33.9 Å². The van der Waals surface area contributed by atoms with Crippen LogP contribution in [0.4, 0.5) is 11.4 Å². The fourth-order valence-corrected chi connectivity index (χ4v) is 4.45. The first kappa shape index (κ1) is 22.9. The quantitative estimate of drug-likeness (QED) is 0.213. The number of carboxylic acid groups (broad SMARTS) is 2. The third kappa shape index (κ3) is 4.44. The summed E-state index contributed by atoms with van der Waals surface area (Å²) in [5.41, 5.74) is -0.125. The molecule has 3 aromatic rings. The zero-order chi connectivity index (χ0) is 24.6. The summed E-state index contributed by atoms with van der Waals surface area (Å²) in [4.78, 5) is 47.5. The SMILES string of the molecule is O=C(O)c1cc(C(=O)O)cc(-c2ccc(/C=C3/SC(=S)N(c4cccc([N+](=O)[O-])c4)C3=O)o2)c1. The highest BCUT2D eigenvalue weighted by Gasteiger charge is 2.34. The Labute approximate surface area is 200 Å². The summed E-state index contributed by atoms with van der Waals surface area (Å²) in [5.74, 6) is -2.63. The van der Waals surface area contributed by atoms with E-state index in [-0.39, 0.29) is 48.8 Å². The van der Waals surface area contributed by atoms with Crippen molar-refractivity contribution in [3.05, 3.63) is 86.5 Å². The van der Waals surface area contributed by atoms with Crippen LogP contribution in [0.1, 0.15) is 26.5 Å². The fourth-order valence-electron chi connectivity index (χ4n) is 3.17. The molecule has 0 saturated carbocycles. The van der Waals surface area contributed by atoms with Gasteiger partial charge in [0.05, 0.1) is 26.6 Å². The van der Waals surface area contributed by atoms with Gasteiger partial charge in [0, 0.05) is 23.8 Å². The van der Waals surface area contributed by atoms with E-state index in [0.717, 1.165) is 17.8 Å². The van der Waals surface area contributed by atoms with Gasteiger partial charge in [-0.15, -0.1) is 0 Å². The summed E-state index contributed by atoms with van der Waals surface area (Å²) in [7, 11) is 0. The summed E-state index contributed by atoms with van der Waals surface area (Å²) in [5, 5.41) is 29.5. The number of aromatic carboxylic acids is 2. The number of non-ortho nitro benzene ring substituents is 1. The summed E-state index contributed by atoms with van der Waals surface area (Å²) in [6, 6.07) is 12.2. The summed E-state index contributed by atoms with van der Waals surface area (Å²) >= 11 is 6.26. The number of anilines is 1. The second-order valence-electron chi connectivity index (χ2n) is 6.91. The normalized spacial score (nSPS) is 14.6. The van der Waals surface area contributed by atoms with Gasteiger partial charge in [0.2, 0.25) is 0 Å². The van der Waals surface area contributed by atoms with Crippen LogP contribution in [0.2, 0.25) is 0 Å². The number of thiocarbonyl (C=S) groups is 1. The number of benzene rings is 2. The predicted octanol–water partition coefficient (Wildman–Crippen LogP) is 4.66. The van der Waals surface area contributed by atoms with Crippen LogP contribution in [0.25, 0.3) is 17.4 Å². The number of amides is 1. The molecule has 0 radical (unpaired) electrons. The Hall–Kier alpha value is -4.29. The highest BCUT2D eigenvalue weighted by molar-refractivity contribution is 8.27. The number of hydrogen-bond acceptors (Lipinski definition) is 8. The van der Waals surface area contributed by atoms with Crippen LogP contribution in [0, 0.1) is 10.1 Å². The minimum absolute atomic E-state index is 0.184. The maximum atomic E-state index is 12.9. The highest BCUT2D eigenvalue weighted by atomic mass is 32.2. The lowest BCUT2D eigenvalue weighted by atomic mass is 10.0. The Balaban J connectivity index is 1.64. The van der Waals surface area contributed by atoms with Crippen molar-refractivity contribution in [3.8, 4) is 11.3 Å². The molecule has 10 nitrogen and oxygen atoms in total. The van der Waals surface area contributed by atoms with Gasteiger partial charge in [0.25, 0.3) is 11.6 Å². The van der Waals surface area contributed by atoms with Crippen molar-refractivity contribution in [1.82, 2.24) is 0 Å². The lowest BCUT2D eigenvalue weighted by Crippen LogP contribution is -2.27. The highest BCUT2D eigenvalue weighted by Crippen LogP contribution is 2.37. The number of thioether (sulfide) groups is 1. The third-order valence-electron chi connectivity index (χ3n) is 4.70. The second kappa shape index (κ2) is 8.92. The van der Waals surface area contributed by atoms with Crippen LogP contribution < -0.4 is 4.90 Å². The summed E-state index contributed by atoms with van der Waals surface area (Å²) in [6.45, 7) is 0. The fraction of sp³-hybridized carbons (Fsp3) is 0. The molecule has 1 amide bonds. The van der Waals surface area contributed by atoms with E-state index in [1.807, 2.05) is 0 Å². The molecule has 1 aliphatic rings. The molecule has 12 heteroatoms. The van der Waals surface area contributed by atoms with Gasteiger partial charge in [-0.05, 0) is 36.4 Å². The van der Waals surface area contributed by atoms with E-state index in [9.17, 15) is 34.7 Å². The Kier molecular flexibility index (Phi) is 6.01. The monoisotopic (exact) mass is 496 g/mol. The first-order chi connectivity index (χ1) is 16.1. The smallest absolute Gasteiger partial charge is 0.335 e. The predicted molar refractivity (Wildman–Crippen MR) is 127 cm³/mol. The van der Waals surface area contributed by atoms with Gasteiger partial charge >= 0.3 is 11.9 Å². The number of rotatable bonds is 6. The Morgan fingerprint density at radius 1 is 1.06 bits per heavy atom. The lowest BCUT2D eigenvalue weighted by Gasteiger charge is -2.13. The minimum atomic E-state index is -1.29. The molecule has 0 unspecified atom stereocenters. The molecule has 2 heterocycles. The van der Waals surface area contributed by atoms with Crippen LogP contribution >= 0.6 is 24.0 Å². The van der Waals surface area contributed by atoms with E-state index in [1.165, 1.54) is 59.5 Å². The maximum Gasteiger partial charge on any atom is 0.335 e. The zero-order valence-corrected chi connectivity index (χ0v) is 18.5. The molecule has 0 bridgehead atoms. The number of nitro benzene ring substituents is 1. The van der Waals surface area contributed by atoms with E-state index in [1.54, 1.807) is 0 Å². The van der Waals surface area contributed by atoms with Gasteiger partial charge in [0.15, 0.2) is 4.32 Å². The molecular formula is C22H12N2O8S2. The number of nitrogens with zero attached hydrogens (tertiary/aromatic N) is 2. The topological polar surface area (TPSA) is 151 Å². The average Bonchev–Trinajstić information content (AvgIpc) is 3.37. The van der Waals surface area contributed by atoms with E-state index >= 15 is 0 Å². The zero-order valence-electron chi connectivity index (χ0n) is 16.8. The number of hydrogen-bond donors (Lipinski definition) is 2. The molecule has 170 valence electrons. The molecule has 1 aromatic heterocycles. The maximum absolute atomic E-state index is 12.9. The van der Waals surface area contributed by atoms with Crippen LogP contribution in [0.5, 0.6) is 0 Å². The van der Waals surface area contributed by atoms with Crippen LogP contribution in [0.3, 0.4) is 0 Å². The molecule has 2 N–H and O–H groups in total. The van der Waals surface area contributed by atoms with E-state index in [4.69, 9.17) is 16.6 Å². The minimum Gasteiger partial charge on any atom is -0.478 e. The molecule has 0 spiro atoms. The lowest BCUT2D eigenvalue weighted by molar-refractivity contribution is -0.384. The number of carboxylic acids is 2. The second-order valence-corrected chi connectivity index (χ2v) is 8.58. The van der Waals surface area contributed by atoms with Gasteiger partial charge in [-0.2, -0.15) is 0 Å². The largest absolute Gasteiger partial charge is 0.478 e. The van der Waals surface area contributed by atoms with Crippen molar-refractivity contribution in [3.63, 3.8) is 0 Å². The molecule has 34 heavy (non-hydrogen) atoms. The number of carbonyl (C=O) groups is 3. The van der Waals surface area contributed by atoms with Crippen molar-refractivity contribution in [2.45, 2.75) is 0 Å². The van der Waals surface area contributed by atoms with Crippen LogP contribution in [-0.4, -0.2) is 37.3 Å². The third-order valence-corrected chi connectivity index (χ3v) is 6.01. The molecule has 1 saturated heterocycles. The molecule has 1 aliphatic heterocycles. The van der Waals surface area contributed by atoms with Crippen molar-refractivity contribution in [2.75, 3.05) is 4.90 Å². The summed E-state index contributed by atoms with van der Waals surface area (Å²) < 4.78 is 5.88. The number of furan rings is 1. The number of nitro groups is 1. The van der Waals surface area contributed by atoms with Gasteiger partial charge in [0.1, 0.15) is 11.5 Å². The molecule has 1 fully saturated rings. The van der Waals surface area contributed by atoms with Gasteiger partial charge in [-0.3, -0.25) is 19.8 Å². The Morgan fingerprint density at radius 2 is 1.74 bits per heavy atom. The van der Waals surface area contributed by atoms with Crippen LogP contribution in [-0.2, 0) is 4.79 Å². The van der Waals surface area contributed by atoms with Crippen LogP contribution in [0.15, 0.2) is 63.9 Å². The van der Waals surface area contributed by atoms with E-state index < -0.39 is 22.8 Å².